The van der Waals surface area contributed by atoms with Crippen molar-refractivity contribution in [2.45, 2.75) is 44.4 Å². The van der Waals surface area contributed by atoms with Crippen LogP contribution in [0, 0.1) is 19.8 Å². The molecule has 0 atom stereocenters. The van der Waals surface area contributed by atoms with Crippen LogP contribution in [0.15, 0.2) is 4.90 Å². The lowest BCUT2D eigenvalue weighted by Gasteiger charge is -2.25. The van der Waals surface area contributed by atoms with Crippen molar-refractivity contribution in [3.8, 4) is 0 Å². The smallest absolute Gasteiger partial charge is 0.244 e. The van der Waals surface area contributed by atoms with Crippen LogP contribution in [0.5, 0.6) is 0 Å². The van der Waals surface area contributed by atoms with Gasteiger partial charge in [-0.2, -0.15) is 5.10 Å². The van der Waals surface area contributed by atoms with E-state index in [2.05, 4.69) is 14.9 Å². The summed E-state index contributed by atoms with van der Waals surface area (Å²) in [5, 5.41) is 6.60. The molecule has 1 aromatic heterocycles. The predicted octanol–water partition coefficient (Wildman–Crippen LogP) is 1.50. The Morgan fingerprint density at radius 2 is 2.12 bits per heavy atom. The summed E-state index contributed by atoms with van der Waals surface area (Å²) in [6.07, 6.45) is 4.71. The number of aromatic amines is 1. The average molecular weight is 257 g/mol. The Morgan fingerprint density at radius 1 is 1.41 bits per heavy atom. The van der Waals surface area contributed by atoms with Gasteiger partial charge in [0.2, 0.25) is 10.0 Å². The van der Waals surface area contributed by atoms with Crippen molar-refractivity contribution in [3.63, 3.8) is 0 Å². The van der Waals surface area contributed by atoms with Crippen molar-refractivity contribution in [1.82, 2.24) is 14.9 Å². The maximum absolute atomic E-state index is 12.1. The molecule has 0 radical (unpaired) electrons. The summed E-state index contributed by atoms with van der Waals surface area (Å²) in [7, 11) is -3.40. The van der Waals surface area contributed by atoms with E-state index in [1.807, 2.05) is 0 Å². The molecule has 2 N–H and O–H groups in total. The Bertz CT molecular complexity index is 469. The van der Waals surface area contributed by atoms with E-state index < -0.39 is 10.0 Å². The number of aromatic nitrogens is 2. The number of hydrogen-bond donors (Lipinski definition) is 2. The van der Waals surface area contributed by atoms with Gasteiger partial charge in [-0.1, -0.05) is 19.3 Å². The van der Waals surface area contributed by atoms with Gasteiger partial charge in [0.15, 0.2) is 0 Å². The maximum Gasteiger partial charge on any atom is 0.244 e. The monoisotopic (exact) mass is 257 g/mol. The molecule has 1 aromatic rings. The second-order valence-corrected chi connectivity index (χ2v) is 6.45. The van der Waals surface area contributed by atoms with Gasteiger partial charge in [-0.05, 0) is 26.2 Å². The number of hydrogen-bond acceptors (Lipinski definition) is 3. The Labute approximate surface area is 102 Å². The first-order valence-electron chi connectivity index (χ1n) is 6.02. The highest BCUT2D eigenvalue weighted by molar-refractivity contribution is 7.89. The number of nitrogens with zero attached hydrogens (tertiary/aromatic N) is 1. The van der Waals surface area contributed by atoms with Gasteiger partial charge in [-0.3, -0.25) is 5.10 Å². The molecule has 0 bridgehead atoms. The number of H-pyrrole nitrogens is 1. The fraction of sp³-hybridized carbons (Fsp3) is 0.727. The Balaban J connectivity index is 1.98. The van der Waals surface area contributed by atoms with Crippen LogP contribution in [0.3, 0.4) is 0 Å². The van der Waals surface area contributed by atoms with Crippen molar-refractivity contribution >= 4 is 10.0 Å². The van der Waals surface area contributed by atoms with Crippen molar-refractivity contribution in [1.29, 1.82) is 0 Å². The molecular weight excluding hydrogens is 238 g/mol. The highest BCUT2D eigenvalue weighted by atomic mass is 32.2. The number of nitrogens with one attached hydrogen (secondary N) is 2. The maximum atomic E-state index is 12.1. The van der Waals surface area contributed by atoms with Crippen LogP contribution in [0.25, 0.3) is 0 Å². The third-order valence-corrected chi connectivity index (χ3v) is 5.12. The standard InChI is InChI=1S/C11H19N3O2S/c1-8-11(9(2)14-13-8)17(15,16)12-7-6-10-4-3-5-10/h10,12H,3-7H2,1-2H3,(H,13,14). The predicted molar refractivity (Wildman–Crippen MR) is 65.2 cm³/mol. The molecule has 0 aromatic carbocycles. The summed E-state index contributed by atoms with van der Waals surface area (Å²) in [5.41, 5.74) is 1.12. The van der Waals surface area contributed by atoms with Crippen LogP contribution in [-0.4, -0.2) is 25.2 Å². The molecule has 1 saturated carbocycles. The van der Waals surface area contributed by atoms with E-state index in [-0.39, 0.29) is 0 Å². The Kier molecular flexibility index (Phi) is 3.53. The zero-order valence-corrected chi connectivity index (χ0v) is 11.1. The van der Waals surface area contributed by atoms with Crippen LogP contribution in [0.2, 0.25) is 0 Å². The van der Waals surface area contributed by atoms with E-state index >= 15 is 0 Å². The molecule has 0 aliphatic heterocycles. The van der Waals surface area contributed by atoms with E-state index in [4.69, 9.17) is 0 Å². The summed E-state index contributed by atoms with van der Waals surface area (Å²) in [6.45, 7) is 3.95. The van der Waals surface area contributed by atoms with Gasteiger partial charge in [-0.25, -0.2) is 13.1 Å². The highest BCUT2D eigenvalue weighted by Crippen LogP contribution is 2.29. The van der Waals surface area contributed by atoms with Crippen molar-refractivity contribution in [2.24, 2.45) is 5.92 Å². The number of sulfonamides is 1. The summed E-state index contributed by atoms with van der Waals surface area (Å²) in [6, 6.07) is 0. The first kappa shape index (κ1) is 12.6. The molecule has 6 heteroatoms. The zero-order valence-electron chi connectivity index (χ0n) is 10.3. The minimum atomic E-state index is -3.40. The molecule has 0 amide bonds. The molecule has 2 rings (SSSR count). The molecule has 96 valence electrons. The van der Waals surface area contributed by atoms with Crippen LogP contribution in [0.4, 0.5) is 0 Å². The van der Waals surface area contributed by atoms with E-state index in [1.165, 1.54) is 19.3 Å². The fourth-order valence-corrected chi connectivity index (χ4v) is 3.60. The molecule has 5 nitrogen and oxygen atoms in total. The van der Waals surface area contributed by atoms with Gasteiger partial charge in [-0.15, -0.1) is 0 Å². The average Bonchev–Trinajstić information content (AvgIpc) is 2.51. The second-order valence-electron chi connectivity index (χ2n) is 4.75. The van der Waals surface area contributed by atoms with Crippen molar-refractivity contribution in [3.05, 3.63) is 11.4 Å². The lowest BCUT2D eigenvalue weighted by molar-refractivity contribution is 0.297. The topological polar surface area (TPSA) is 74.8 Å². The minimum absolute atomic E-state index is 0.297. The van der Waals surface area contributed by atoms with Crippen LogP contribution >= 0.6 is 0 Å². The van der Waals surface area contributed by atoms with E-state index in [0.29, 0.717) is 28.7 Å². The highest BCUT2D eigenvalue weighted by Gasteiger charge is 2.23. The zero-order chi connectivity index (χ0) is 12.5. The van der Waals surface area contributed by atoms with Crippen LogP contribution in [0.1, 0.15) is 37.1 Å². The van der Waals surface area contributed by atoms with E-state index in [1.54, 1.807) is 13.8 Å². The summed E-state index contributed by atoms with van der Waals surface area (Å²) in [4.78, 5) is 0.297. The Hall–Kier alpha value is -0.880. The first-order chi connectivity index (χ1) is 8.00. The fourth-order valence-electron chi connectivity index (χ4n) is 2.19. The van der Waals surface area contributed by atoms with E-state index in [0.717, 1.165) is 6.42 Å². The Morgan fingerprint density at radius 3 is 2.59 bits per heavy atom. The molecule has 0 spiro atoms. The molecule has 1 aliphatic rings. The van der Waals surface area contributed by atoms with Gasteiger partial charge in [0.05, 0.1) is 11.4 Å². The minimum Gasteiger partial charge on any atom is -0.281 e. The second kappa shape index (κ2) is 4.78. The van der Waals surface area contributed by atoms with Gasteiger partial charge in [0.25, 0.3) is 0 Å². The van der Waals surface area contributed by atoms with E-state index in [9.17, 15) is 8.42 Å². The van der Waals surface area contributed by atoms with Crippen LogP contribution in [-0.2, 0) is 10.0 Å². The van der Waals surface area contributed by atoms with Gasteiger partial charge in [0.1, 0.15) is 4.90 Å². The van der Waals surface area contributed by atoms with Crippen LogP contribution < -0.4 is 4.72 Å². The lowest BCUT2D eigenvalue weighted by Crippen LogP contribution is -2.28. The number of rotatable bonds is 5. The van der Waals surface area contributed by atoms with Crippen molar-refractivity contribution in [2.75, 3.05) is 6.54 Å². The summed E-state index contributed by atoms with van der Waals surface area (Å²) >= 11 is 0. The number of aryl methyl sites for hydroxylation is 2. The largest absolute Gasteiger partial charge is 0.281 e. The lowest BCUT2D eigenvalue weighted by atomic mass is 9.83. The quantitative estimate of drug-likeness (QED) is 0.839. The van der Waals surface area contributed by atoms with Gasteiger partial charge >= 0.3 is 0 Å². The van der Waals surface area contributed by atoms with Gasteiger partial charge < -0.3 is 0 Å². The molecule has 1 aliphatic carbocycles. The SMILES string of the molecule is Cc1n[nH]c(C)c1S(=O)(=O)NCCC1CCC1. The van der Waals surface area contributed by atoms with Crippen molar-refractivity contribution < 1.29 is 8.42 Å². The first-order valence-corrected chi connectivity index (χ1v) is 7.50. The normalized spacial score (nSPS) is 17.1. The molecule has 0 unspecified atom stereocenters. The third-order valence-electron chi connectivity index (χ3n) is 3.40. The summed E-state index contributed by atoms with van der Waals surface area (Å²) < 4.78 is 26.8. The molecular formula is C11H19N3O2S. The molecule has 1 fully saturated rings. The molecule has 17 heavy (non-hydrogen) atoms. The van der Waals surface area contributed by atoms with Gasteiger partial charge in [0, 0.05) is 6.54 Å². The summed E-state index contributed by atoms with van der Waals surface area (Å²) in [5.74, 6) is 0.712. The molecule has 0 saturated heterocycles. The third kappa shape index (κ3) is 2.69. The molecule has 1 heterocycles.